The van der Waals surface area contributed by atoms with Crippen LogP contribution in [0, 0.1) is 11.8 Å². The topological polar surface area (TPSA) is 93.0 Å². The van der Waals surface area contributed by atoms with Gasteiger partial charge in [0, 0.05) is 34.5 Å². The Labute approximate surface area is 222 Å². The van der Waals surface area contributed by atoms with Crippen LogP contribution >= 0.6 is 23.2 Å². The molecule has 2 N–H and O–H groups in total. The van der Waals surface area contributed by atoms with Crippen molar-refractivity contribution >= 4 is 40.2 Å². The van der Waals surface area contributed by atoms with E-state index in [9.17, 15) is 4.79 Å². The van der Waals surface area contributed by atoms with Crippen LogP contribution in [-0.4, -0.2) is 37.2 Å². The average molecular weight is 531 g/mol. The number of carboxylic acids is 1. The summed E-state index contributed by atoms with van der Waals surface area (Å²) in [4.78, 5) is 23.6. The fourth-order valence-electron chi connectivity index (χ4n) is 3.82. The van der Waals surface area contributed by atoms with E-state index in [1.165, 1.54) is 0 Å². The second kappa shape index (κ2) is 10.4. The number of benzene rings is 3. The van der Waals surface area contributed by atoms with Gasteiger partial charge in [0.15, 0.2) is 18.3 Å². The van der Waals surface area contributed by atoms with Crippen LogP contribution in [0.25, 0.3) is 33.9 Å². The molecule has 37 heavy (non-hydrogen) atoms. The van der Waals surface area contributed by atoms with E-state index in [-0.39, 0.29) is 0 Å². The van der Waals surface area contributed by atoms with Crippen LogP contribution < -0.4 is 4.74 Å². The van der Waals surface area contributed by atoms with Crippen molar-refractivity contribution < 1.29 is 14.6 Å². The predicted octanol–water partition coefficient (Wildman–Crippen LogP) is 6.28. The number of aryl methyl sites for hydroxylation is 1. The molecule has 5 aromatic rings. The smallest absolute Gasteiger partial charge is 0.341 e. The molecule has 0 aliphatic heterocycles. The summed E-state index contributed by atoms with van der Waals surface area (Å²) in [6.45, 7) is 2.34. The van der Waals surface area contributed by atoms with E-state index in [0.29, 0.717) is 39.6 Å². The van der Waals surface area contributed by atoms with Crippen LogP contribution in [0.3, 0.4) is 0 Å². The monoisotopic (exact) mass is 530 g/mol. The van der Waals surface area contributed by atoms with Gasteiger partial charge in [-0.1, -0.05) is 41.1 Å². The number of rotatable bonds is 6. The predicted molar refractivity (Wildman–Crippen MR) is 144 cm³/mol. The number of aliphatic carboxylic acids is 1. The second-order valence-corrected chi connectivity index (χ2v) is 8.98. The van der Waals surface area contributed by atoms with Gasteiger partial charge in [0.05, 0.1) is 21.7 Å². The first-order valence-corrected chi connectivity index (χ1v) is 12.1. The highest BCUT2D eigenvalue weighted by atomic mass is 35.5. The fraction of sp³-hybridized carbons (Fsp3) is 0.107. The summed E-state index contributed by atoms with van der Waals surface area (Å²) in [7, 11) is 0. The van der Waals surface area contributed by atoms with E-state index >= 15 is 0 Å². The first-order chi connectivity index (χ1) is 17.9. The van der Waals surface area contributed by atoms with Crippen molar-refractivity contribution in [2.45, 2.75) is 13.5 Å². The van der Waals surface area contributed by atoms with Crippen LogP contribution in [0.1, 0.15) is 18.1 Å². The second-order valence-electron chi connectivity index (χ2n) is 8.14. The lowest BCUT2D eigenvalue weighted by Gasteiger charge is -2.02. The average Bonchev–Trinajstić information content (AvgIpc) is 3.50. The minimum Gasteiger partial charge on any atom is -0.482 e. The Bertz CT molecular complexity index is 1690. The van der Waals surface area contributed by atoms with Gasteiger partial charge in [-0.3, -0.25) is 0 Å². The molecule has 184 valence electrons. The number of carboxylic acid groups (broad SMARTS) is 1. The molecule has 3 aromatic carbocycles. The fourth-order valence-corrected chi connectivity index (χ4v) is 4.32. The maximum absolute atomic E-state index is 10.7. The number of hydrogen-bond donors (Lipinski definition) is 2. The van der Waals surface area contributed by atoms with Crippen molar-refractivity contribution in [3.8, 4) is 40.5 Å². The van der Waals surface area contributed by atoms with Crippen LogP contribution in [0.5, 0.6) is 5.75 Å². The van der Waals surface area contributed by atoms with Crippen molar-refractivity contribution in [2.24, 2.45) is 0 Å². The SMILES string of the molecule is CCn1cc(-c2ccc(Cl)cc2Cl)nc1-c1nc2ccc(C#Cc3cccc(OCC(=O)O)c3)cc2[nH]1. The highest BCUT2D eigenvalue weighted by Crippen LogP contribution is 2.32. The molecule has 9 heteroatoms. The number of fused-ring (bicyclic) bond motifs is 1. The molecule has 7 nitrogen and oxygen atoms in total. The number of halogens is 2. The van der Waals surface area contributed by atoms with Crippen molar-refractivity contribution in [3.63, 3.8) is 0 Å². The van der Waals surface area contributed by atoms with Gasteiger partial charge in [-0.25, -0.2) is 14.8 Å². The van der Waals surface area contributed by atoms with Gasteiger partial charge < -0.3 is 19.4 Å². The Kier molecular flexibility index (Phi) is 6.87. The summed E-state index contributed by atoms with van der Waals surface area (Å²) in [5, 5.41) is 9.89. The number of aromatic nitrogens is 4. The van der Waals surface area contributed by atoms with Gasteiger partial charge >= 0.3 is 5.97 Å². The van der Waals surface area contributed by atoms with Gasteiger partial charge in [-0.2, -0.15) is 0 Å². The maximum atomic E-state index is 10.7. The molecule has 0 amide bonds. The van der Waals surface area contributed by atoms with Gasteiger partial charge in [0.25, 0.3) is 0 Å². The summed E-state index contributed by atoms with van der Waals surface area (Å²) < 4.78 is 7.23. The van der Waals surface area contributed by atoms with Crippen LogP contribution in [-0.2, 0) is 11.3 Å². The summed E-state index contributed by atoms with van der Waals surface area (Å²) in [6.07, 6.45) is 1.95. The molecule has 0 saturated carbocycles. The summed E-state index contributed by atoms with van der Waals surface area (Å²) in [5.74, 6) is 6.99. The molecule has 0 bridgehead atoms. The minimum absolute atomic E-state index is 0.403. The Morgan fingerprint density at radius 2 is 1.86 bits per heavy atom. The molecule has 0 spiro atoms. The molecule has 2 heterocycles. The Hall–Kier alpha value is -4.25. The number of imidazole rings is 2. The lowest BCUT2D eigenvalue weighted by molar-refractivity contribution is -0.139. The largest absolute Gasteiger partial charge is 0.482 e. The Morgan fingerprint density at radius 3 is 2.62 bits per heavy atom. The van der Waals surface area contributed by atoms with E-state index < -0.39 is 12.6 Å². The third-order valence-corrected chi connectivity index (χ3v) is 6.11. The van der Waals surface area contributed by atoms with Gasteiger partial charge in [0.1, 0.15) is 5.75 Å². The van der Waals surface area contributed by atoms with Gasteiger partial charge in [-0.05, 0) is 61.5 Å². The molecule has 0 radical (unpaired) electrons. The summed E-state index contributed by atoms with van der Waals surface area (Å²) in [5.41, 5.74) is 4.67. The molecule has 0 aliphatic rings. The van der Waals surface area contributed by atoms with Crippen LogP contribution in [0.4, 0.5) is 0 Å². The molecule has 0 aliphatic carbocycles. The van der Waals surface area contributed by atoms with E-state index in [1.54, 1.807) is 30.3 Å². The normalized spacial score (nSPS) is 10.8. The van der Waals surface area contributed by atoms with E-state index in [0.717, 1.165) is 27.9 Å². The molecule has 2 aromatic heterocycles. The Balaban J connectivity index is 1.43. The van der Waals surface area contributed by atoms with Crippen molar-refractivity contribution in [1.82, 2.24) is 19.5 Å². The number of H-pyrrole nitrogens is 1. The van der Waals surface area contributed by atoms with E-state index in [4.69, 9.17) is 43.0 Å². The first-order valence-electron chi connectivity index (χ1n) is 11.4. The van der Waals surface area contributed by atoms with Crippen molar-refractivity contribution in [3.05, 3.63) is 88.0 Å². The summed E-state index contributed by atoms with van der Waals surface area (Å²) in [6, 6.07) is 18.1. The van der Waals surface area contributed by atoms with Gasteiger partial charge in [-0.15, -0.1) is 0 Å². The first kappa shape index (κ1) is 24.4. The highest BCUT2D eigenvalue weighted by Gasteiger charge is 2.16. The number of nitrogens with zero attached hydrogens (tertiary/aromatic N) is 3. The number of nitrogens with one attached hydrogen (secondary N) is 1. The molecule has 5 rings (SSSR count). The quantitative estimate of drug-likeness (QED) is 0.252. The maximum Gasteiger partial charge on any atom is 0.341 e. The third-order valence-electron chi connectivity index (χ3n) is 5.57. The molecule has 0 atom stereocenters. The third kappa shape index (κ3) is 5.46. The molecule has 0 saturated heterocycles. The van der Waals surface area contributed by atoms with Crippen LogP contribution in [0.15, 0.2) is 66.9 Å². The zero-order chi connectivity index (χ0) is 25.9. The molecule has 0 fully saturated rings. The zero-order valence-electron chi connectivity index (χ0n) is 19.6. The lowest BCUT2D eigenvalue weighted by atomic mass is 10.1. The zero-order valence-corrected chi connectivity index (χ0v) is 21.1. The number of aromatic amines is 1. The standard InChI is InChI=1S/C28H20Cl2N4O3/c1-2-34-15-25(21-10-9-19(29)14-22(21)30)33-28(34)27-31-23-11-8-18(13-24(23)32-27)7-6-17-4-3-5-20(12-17)37-16-26(35)36/h3-5,8-15H,2,16H2,1H3,(H,31,32)(H,35,36). The summed E-state index contributed by atoms with van der Waals surface area (Å²) >= 11 is 12.5. The van der Waals surface area contributed by atoms with Crippen molar-refractivity contribution in [2.75, 3.05) is 6.61 Å². The molecule has 0 unspecified atom stereocenters. The number of carbonyl (C=O) groups is 1. The molecular weight excluding hydrogens is 511 g/mol. The minimum atomic E-state index is -1.03. The van der Waals surface area contributed by atoms with Crippen LogP contribution in [0.2, 0.25) is 10.0 Å². The number of hydrogen-bond acceptors (Lipinski definition) is 4. The molecular formula is C28H20Cl2N4O3. The Morgan fingerprint density at radius 1 is 1.05 bits per heavy atom. The number of ether oxygens (including phenoxy) is 1. The lowest BCUT2D eigenvalue weighted by Crippen LogP contribution is -2.09. The van der Waals surface area contributed by atoms with E-state index in [1.807, 2.05) is 48.0 Å². The highest BCUT2D eigenvalue weighted by molar-refractivity contribution is 6.36. The van der Waals surface area contributed by atoms with Gasteiger partial charge in [0.2, 0.25) is 0 Å². The van der Waals surface area contributed by atoms with Crippen molar-refractivity contribution in [1.29, 1.82) is 0 Å². The van der Waals surface area contributed by atoms with E-state index in [2.05, 4.69) is 16.8 Å².